The van der Waals surface area contributed by atoms with Crippen molar-refractivity contribution in [3.63, 3.8) is 0 Å². The average molecular weight is 348 g/mol. The highest BCUT2D eigenvalue weighted by molar-refractivity contribution is 9.10. The first-order valence-corrected chi connectivity index (χ1v) is 6.84. The molecule has 0 unspecified atom stereocenters. The molecule has 0 aliphatic rings. The molecule has 0 N–H and O–H groups in total. The molecule has 100 valence electrons. The maximum absolute atomic E-state index is 13.3. The topological polar surface area (TPSA) is 9.23 Å². The van der Waals surface area contributed by atoms with E-state index in [-0.39, 0.29) is 24.1 Å². The fourth-order valence-corrected chi connectivity index (χ4v) is 2.20. The molecule has 1 nitrogen and oxygen atoms in total. The first-order chi connectivity index (χ1) is 9.11. The predicted molar refractivity (Wildman–Crippen MR) is 74.4 cm³/mol. The van der Waals surface area contributed by atoms with Crippen LogP contribution in [0.2, 0.25) is 0 Å². The van der Waals surface area contributed by atoms with Gasteiger partial charge in [0.2, 0.25) is 0 Å². The normalized spacial score (nSPS) is 10.5. The molecule has 0 bridgehead atoms. The van der Waals surface area contributed by atoms with E-state index < -0.39 is 0 Å². The Kier molecular flexibility index (Phi) is 4.77. The molecule has 2 aromatic rings. The van der Waals surface area contributed by atoms with Crippen LogP contribution in [0.15, 0.2) is 40.9 Å². The molecule has 0 aromatic heterocycles. The molecule has 0 saturated heterocycles. The molecule has 5 heteroatoms. The van der Waals surface area contributed by atoms with Gasteiger partial charge in [0.25, 0.3) is 0 Å². The molecule has 0 heterocycles. The second-order valence-electron chi connectivity index (χ2n) is 3.89. The Hall–Kier alpha value is -1.13. The summed E-state index contributed by atoms with van der Waals surface area (Å²) in [7, 11) is 0. The van der Waals surface area contributed by atoms with Gasteiger partial charge in [-0.3, -0.25) is 0 Å². The first kappa shape index (κ1) is 14.3. The summed E-state index contributed by atoms with van der Waals surface area (Å²) >= 11 is 8.89. The maximum Gasteiger partial charge on any atom is 0.137 e. The van der Waals surface area contributed by atoms with Crippen LogP contribution < -0.4 is 4.74 Å². The Labute approximate surface area is 123 Å². The molecule has 2 aromatic carbocycles. The van der Waals surface area contributed by atoms with Gasteiger partial charge < -0.3 is 4.74 Å². The molecule has 0 aliphatic carbocycles. The standard InChI is InChI=1S/C14H10BrClF2O/c15-14-9(2-1-3-12(14)18)8-19-13-5-4-11(17)6-10(13)7-16/h1-6H,7-8H2. The fourth-order valence-electron chi connectivity index (χ4n) is 1.61. The highest BCUT2D eigenvalue weighted by Gasteiger charge is 2.08. The van der Waals surface area contributed by atoms with Crippen LogP contribution in [-0.4, -0.2) is 0 Å². The summed E-state index contributed by atoms with van der Waals surface area (Å²) < 4.78 is 32.3. The van der Waals surface area contributed by atoms with Crippen molar-refractivity contribution in [1.29, 1.82) is 0 Å². The Balaban J connectivity index is 2.17. The molecule has 2 rings (SSSR count). The second-order valence-corrected chi connectivity index (χ2v) is 4.95. The lowest BCUT2D eigenvalue weighted by molar-refractivity contribution is 0.301. The molecule has 0 aliphatic heterocycles. The number of halogens is 4. The van der Waals surface area contributed by atoms with Crippen LogP contribution >= 0.6 is 27.5 Å². The van der Waals surface area contributed by atoms with Gasteiger partial charge in [-0.05, 0) is 40.2 Å². The number of hydrogen-bond acceptors (Lipinski definition) is 1. The molecule has 0 saturated carbocycles. The van der Waals surface area contributed by atoms with E-state index in [1.54, 1.807) is 12.1 Å². The fraction of sp³-hybridized carbons (Fsp3) is 0.143. The lowest BCUT2D eigenvalue weighted by Gasteiger charge is -2.11. The van der Waals surface area contributed by atoms with Crippen molar-refractivity contribution in [3.05, 3.63) is 63.6 Å². The monoisotopic (exact) mass is 346 g/mol. The van der Waals surface area contributed by atoms with E-state index in [2.05, 4.69) is 15.9 Å². The maximum atomic E-state index is 13.3. The zero-order valence-corrected chi connectivity index (χ0v) is 12.1. The van der Waals surface area contributed by atoms with E-state index in [1.807, 2.05) is 0 Å². The van der Waals surface area contributed by atoms with Crippen LogP contribution in [-0.2, 0) is 12.5 Å². The van der Waals surface area contributed by atoms with Gasteiger partial charge in [-0.25, -0.2) is 8.78 Å². The van der Waals surface area contributed by atoms with Gasteiger partial charge in [-0.15, -0.1) is 11.6 Å². The van der Waals surface area contributed by atoms with Crippen molar-refractivity contribution in [2.24, 2.45) is 0 Å². The van der Waals surface area contributed by atoms with E-state index in [9.17, 15) is 8.78 Å². The zero-order valence-electron chi connectivity index (χ0n) is 9.80. The third-order valence-corrected chi connectivity index (χ3v) is 3.76. The van der Waals surface area contributed by atoms with Crippen molar-refractivity contribution in [3.8, 4) is 5.75 Å². The Morgan fingerprint density at radius 2 is 1.89 bits per heavy atom. The molecule has 0 atom stereocenters. The average Bonchev–Trinajstić information content (AvgIpc) is 2.41. The van der Waals surface area contributed by atoms with E-state index in [1.165, 1.54) is 24.3 Å². The van der Waals surface area contributed by atoms with Crippen molar-refractivity contribution < 1.29 is 13.5 Å². The summed E-state index contributed by atoms with van der Waals surface area (Å²) in [5.41, 5.74) is 1.24. The predicted octanol–water partition coefficient (Wildman–Crippen LogP) is 5.05. The molecule has 0 spiro atoms. The number of ether oxygens (including phenoxy) is 1. The molecule has 0 radical (unpaired) electrons. The lowest BCUT2D eigenvalue weighted by Crippen LogP contribution is -2.00. The molecule has 0 fully saturated rings. The van der Waals surface area contributed by atoms with Crippen molar-refractivity contribution in [2.45, 2.75) is 12.5 Å². The summed E-state index contributed by atoms with van der Waals surface area (Å²) in [5.74, 6) is -0.0718. The van der Waals surface area contributed by atoms with Crippen LogP contribution in [0.5, 0.6) is 5.75 Å². The van der Waals surface area contributed by atoms with E-state index >= 15 is 0 Å². The smallest absolute Gasteiger partial charge is 0.137 e. The van der Waals surface area contributed by atoms with Crippen LogP contribution in [0.25, 0.3) is 0 Å². The van der Waals surface area contributed by atoms with E-state index in [0.717, 1.165) is 0 Å². The van der Waals surface area contributed by atoms with Gasteiger partial charge in [0.15, 0.2) is 0 Å². The molecular weight excluding hydrogens is 338 g/mol. The minimum atomic E-state index is -0.366. The van der Waals surface area contributed by atoms with Gasteiger partial charge >= 0.3 is 0 Å². The summed E-state index contributed by atoms with van der Waals surface area (Å²) in [5, 5.41) is 0. The molecule has 0 amide bonds. The lowest BCUT2D eigenvalue weighted by atomic mass is 10.2. The third kappa shape index (κ3) is 3.45. The number of hydrogen-bond donors (Lipinski definition) is 0. The Bertz CT molecular complexity index is 590. The summed E-state index contributed by atoms with van der Waals surface area (Å²) in [6.45, 7) is 0.174. The van der Waals surface area contributed by atoms with Crippen molar-refractivity contribution in [2.75, 3.05) is 0 Å². The molecule has 19 heavy (non-hydrogen) atoms. The van der Waals surface area contributed by atoms with Gasteiger partial charge in [-0.2, -0.15) is 0 Å². The SMILES string of the molecule is Fc1ccc(OCc2cccc(F)c2Br)c(CCl)c1. The van der Waals surface area contributed by atoms with Crippen molar-refractivity contribution in [1.82, 2.24) is 0 Å². The number of rotatable bonds is 4. The Morgan fingerprint density at radius 1 is 1.11 bits per heavy atom. The summed E-state index contributed by atoms with van der Waals surface area (Å²) in [6, 6.07) is 8.84. The van der Waals surface area contributed by atoms with Gasteiger partial charge in [0, 0.05) is 11.1 Å². The number of alkyl halides is 1. The van der Waals surface area contributed by atoms with E-state index in [0.29, 0.717) is 21.3 Å². The summed E-state index contributed by atoms with van der Waals surface area (Å²) in [6.07, 6.45) is 0. The molecular formula is C14H10BrClF2O. The van der Waals surface area contributed by atoms with Gasteiger partial charge in [0.05, 0.1) is 10.4 Å². The van der Waals surface area contributed by atoms with Gasteiger partial charge in [-0.1, -0.05) is 12.1 Å². The minimum Gasteiger partial charge on any atom is -0.489 e. The first-order valence-electron chi connectivity index (χ1n) is 5.52. The quantitative estimate of drug-likeness (QED) is 0.704. The van der Waals surface area contributed by atoms with Gasteiger partial charge in [0.1, 0.15) is 24.0 Å². The third-order valence-electron chi connectivity index (χ3n) is 2.58. The van der Waals surface area contributed by atoms with Crippen LogP contribution in [0.3, 0.4) is 0 Å². The number of benzene rings is 2. The second kappa shape index (κ2) is 6.35. The minimum absolute atomic E-state index is 0.150. The van der Waals surface area contributed by atoms with Crippen molar-refractivity contribution >= 4 is 27.5 Å². The van der Waals surface area contributed by atoms with Crippen LogP contribution in [0.1, 0.15) is 11.1 Å². The largest absolute Gasteiger partial charge is 0.489 e. The zero-order chi connectivity index (χ0) is 13.8. The van der Waals surface area contributed by atoms with E-state index in [4.69, 9.17) is 16.3 Å². The summed E-state index contributed by atoms with van der Waals surface area (Å²) in [4.78, 5) is 0. The van der Waals surface area contributed by atoms with Crippen LogP contribution in [0.4, 0.5) is 8.78 Å². The highest BCUT2D eigenvalue weighted by atomic mass is 79.9. The van der Waals surface area contributed by atoms with Crippen LogP contribution in [0, 0.1) is 11.6 Å². The highest BCUT2D eigenvalue weighted by Crippen LogP contribution is 2.25. The Morgan fingerprint density at radius 3 is 2.63 bits per heavy atom.